The summed E-state index contributed by atoms with van der Waals surface area (Å²) in [4.78, 5) is 16.3. The number of Topliss-reactive ketones (excluding diaryl/α,β-unsaturated/α-hetero) is 1. The zero-order valence-corrected chi connectivity index (χ0v) is 26.1. The summed E-state index contributed by atoms with van der Waals surface area (Å²) in [6.45, 7) is 10.7. The molecule has 0 spiro atoms. The number of anilines is 2. The number of ether oxygens (including phenoxy) is 1. The van der Waals surface area contributed by atoms with Gasteiger partial charge in [-0.3, -0.25) is 4.79 Å². The highest BCUT2D eigenvalue weighted by Crippen LogP contribution is 2.53. The van der Waals surface area contributed by atoms with Crippen LogP contribution in [0.25, 0.3) is 16.3 Å². The van der Waals surface area contributed by atoms with Gasteiger partial charge in [-0.2, -0.15) is 0 Å². The lowest BCUT2D eigenvalue weighted by Gasteiger charge is -2.40. The molecule has 1 aliphatic carbocycles. The lowest BCUT2D eigenvalue weighted by Crippen LogP contribution is -2.33. The number of ketones is 1. The Morgan fingerprint density at radius 1 is 0.952 bits per heavy atom. The number of halogens is 2. The first-order chi connectivity index (χ1) is 20.2. The Bertz CT molecular complexity index is 1720. The first kappa shape index (κ1) is 28.6. The molecule has 0 bridgehead atoms. The predicted molar refractivity (Wildman–Crippen MR) is 176 cm³/mol. The average Bonchev–Trinajstić information content (AvgIpc) is 2.96. The summed E-state index contributed by atoms with van der Waals surface area (Å²) in [6.07, 6.45) is 1.35. The van der Waals surface area contributed by atoms with Crippen molar-refractivity contribution in [3.63, 3.8) is 0 Å². The number of hydrogen-bond donors (Lipinski definition) is 1. The van der Waals surface area contributed by atoms with E-state index in [-0.39, 0.29) is 23.8 Å². The SMILES string of the molecule is CCN(CC)c1ccc([C@@H]2Nc3ccc4ccccc4c3C3=C2C(=O)CC(C)(C)C3)c(OCc2ccc(Cl)cc2Cl)c1. The molecule has 4 nitrogen and oxygen atoms in total. The highest BCUT2D eigenvalue weighted by molar-refractivity contribution is 6.35. The van der Waals surface area contributed by atoms with E-state index in [1.807, 2.05) is 12.1 Å². The van der Waals surface area contributed by atoms with Gasteiger partial charge in [0.05, 0.1) is 6.04 Å². The Balaban J connectivity index is 1.51. The molecule has 1 N–H and O–H groups in total. The molecule has 4 aromatic carbocycles. The maximum atomic E-state index is 14.0. The second-order valence-electron chi connectivity index (χ2n) is 12.0. The molecule has 4 aromatic rings. The van der Waals surface area contributed by atoms with Crippen molar-refractivity contribution in [2.24, 2.45) is 5.41 Å². The minimum atomic E-state index is -0.335. The quantitative estimate of drug-likeness (QED) is 0.230. The molecule has 0 saturated carbocycles. The molecule has 1 heterocycles. The third-order valence-electron chi connectivity index (χ3n) is 8.57. The van der Waals surface area contributed by atoms with E-state index < -0.39 is 0 Å². The van der Waals surface area contributed by atoms with Crippen molar-refractivity contribution in [3.05, 3.63) is 105 Å². The fourth-order valence-electron chi connectivity index (χ4n) is 6.54. The molecular formula is C36H36Cl2N2O2. The summed E-state index contributed by atoms with van der Waals surface area (Å²) in [5.74, 6) is 0.925. The minimum absolute atomic E-state index is 0.122. The van der Waals surface area contributed by atoms with Gasteiger partial charge in [-0.05, 0) is 66.3 Å². The third-order valence-corrected chi connectivity index (χ3v) is 9.16. The first-order valence-electron chi connectivity index (χ1n) is 14.7. The molecule has 42 heavy (non-hydrogen) atoms. The molecule has 216 valence electrons. The Morgan fingerprint density at radius 3 is 2.50 bits per heavy atom. The molecular weight excluding hydrogens is 563 g/mol. The number of carbonyl (C=O) groups is 1. The van der Waals surface area contributed by atoms with E-state index in [0.29, 0.717) is 16.5 Å². The van der Waals surface area contributed by atoms with Gasteiger partial charge in [0.15, 0.2) is 5.78 Å². The van der Waals surface area contributed by atoms with Crippen molar-refractivity contribution in [1.29, 1.82) is 0 Å². The van der Waals surface area contributed by atoms with Gasteiger partial charge in [-0.25, -0.2) is 0 Å². The molecule has 0 saturated heterocycles. The molecule has 1 aliphatic heterocycles. The van der Waals surface area contributed by atoms with Crippen LogP contribution in [0.1, 0.15) is 63.3 Å². The molecule has 1 atom stereocenters. The van der Waals surface area contributed by atoms with Crippen LogP contribution in [-0.2, 0) is 11.4 Å². The van der Waals surface area contributed by atoms with E-state index in [2.05, 4.69) is 92.5 Å². The van der Waals surface area contributed by atoms with Gasteiger partial charge in [0.2, 0.25) is 0 Å². The molecule has 0 aromatic heterocycles. The summed E-state index contributed by atoms with van der Waals surface area (Å²) < 4.78 is 6.56. The molecule has 6 heteroatoms. The van der Waals surface area contributed by atoms with E-state index in [0.717, 1.165) is 64.5 Å². The number of allylic oxidation sites excluding steroid dienone is 1. The topological polar surface area (TPSA) is 41.6 Å². The van der Waals surface area contributed by atoms with Crippen LogP contribution in [0, 0.1) is 5.41 Å². The standard InChI is InChI=1S/C36H36Cl2N2O2/c1-5-40(6-2)25-14-15-27(32(18-25)42-21-23-11-13-24(37)17-29(23)38)35-34-28(19-36(3,4)20-31(34)41)33-26-10-8-7-9-22(26)12-16-30(33)39-35/h7-18,35,39H,5-6,19-21H2,1-4H3/t35-/m0/s1. The number of rotatable bonds is 7. The van der Waals surface area contributed by atoms with Gasteiger partial charge in [0, 0.05) is 69.3 Å². The van der Waals surface area contributed by atoms with Gasteiger partial charge < -0.3 is 15.0 Å². The largest absolute Gasteiger partial charge is 0.488 e. The van der Waals surface area contributed by atoms with E-state index in [1.54, 1.807) is 6.07 Å². The van der Waals surface area contributed by atoms with Crippen molar-refractivity contribution < 1.29 is 9.53 Å². The summed E-state index contributed by atoms with van der Waals surface area (Å²) >= 11 is 12.7. The van der Waals surface area contributed by atoms with Gasteiger partial charge in [-0.1, -0.05) is 79.5 Å². The predicted octanol–water partition coefficient (Wildman–Crippen LogP) is 9.88. The normalized spacial score (nSPS) is 17.5. The number of fused-ring (bicyclic) bond motifs is 4. The number of nitrogens with zero attached hydrogens (tertiary/aromatic N) is 1. The van der Waals surface area contributed by atoms with Gasteiger partial charge in [0.25, 0.3) is 0 Å². The van der Waals surface area contributed by atoms with Crippen molar-refractivity contribution >= 4 is 56.7 Å². The summed E-state index contributed by atoms with van der Waals surface area (Å²) in [6, 6.07) is 24.2. The number of benzene rings is 4. The molecule has 6 rings (SSSR count). The summed E-state index contributed by atoms with van der Waals surface area (Å²) in [5.41, 5.74) is 6.93. The number of carbonyl (C=O) groups excluding carboxylic acids is 1. The molecule has 0 fully saturated rings. The number of hydrogen-bond acceptors (Lipinski definition) is 4. The van der Waals surface area contributed by atoms with Crippen LogP contribution in [0.2, 0.25) is 10.0 Å². The molecule has 0 amide bonds. The van der Waals surface area contributed by atoms with Crippen LogP contribution < -0.4 is 15.0 Å². The molecule has 2 aliphatic rings. The summed E-state index contributed by atoms with van der Waals surface area (Å²) in [7, 11) is 0. The minimum Gasteiger partial charge on any atom is -0.488 e. The Morgan fingerprint density at radius 2 is 1.74 bits per heavy atom. The van der Waals surface area contributed by atoms with Crippen LogP contribution in [0.5, 0.6) is 5.75 Å². The Labute approximate surface area is 258 Å². The van der Waals surface area contributed by atoms with E-state index in [1.165, 1.54) is 10.8 Å². The Kier molecular flexibility index (Phi) is 7.72. The highest BCUT2D eigenvalue weighted by Gasteiger charge is 2.41. The van der Waals surface area contributed by atoms with Crippen LogP contribution in [0.4, 0.5) is 11.4 Å². The highest BCUT2D eigenvalue weighted by atomic mass is 35.5. The van der Waals surface area contributed by atoms with E-state index in [9.17, 15) is 4.79 Å². The van der Waals surface area contributed by atoms with Crippen LogP contribution in [0.3, 0.4) is 0 Å². The smallest absolute Gasteiger partial charge is 0.162 e. The fraction of sp³-hybridized carbons (Fsp3) is 0.306. The van der Waals surface area contributed by atoms with E-state index >= 15 is 0 Å². The van der Waals surface area contributed by atoms with Crippen molar-refractivity contribution in [3.8, 4) is 5.75 Å². The number of nitrogens with one attached hydrogen (secondary N) is 1. The van der Waals surface area contributed by atoms with Crippen LogP contribution >= 0.6 is 23.2 Å². The zero-order valence-electron chi connectivity index (χ0n) is 24.6. The summed E-state index contributed by atoms with van der Waals surface area (Å²) in [5, 5.41) is 7.28. The lowest BCUT2D eigenvalue weighted by molar-refractivity contribution is -0.118. The second-order valence-corrected chi connectivity index (χ2v) is 12.9. The second kappa shape index (κ2) is 11.3. The Hall–Kier alpha value is -3.47. The molecule has 0 radical (unpaired) electrons. The monoisotopic (exact) mass is 598 g/mol. The average molecular weight is 600 g/mol. The first-order valence-corrected chi connectivity index (χ1v) is 15.4. The maximum Gasteiger partial charge on any atom is 0.162 e. The zero-order chi connectivity index (χ0) is 29.6. The van der Waals surface area contributed by atoms with Crippen molar-refractivity contribution in [2.45, 2.75) is 53.2 Å². The van der Waals surface area contributed by atoms with E-state index in [4.69, 9.17) is 27.9 Å². The van der Waals surface area contributed by atoms with Gasteiger partial charge >= 0.3 is 0 Å². The van der Waals surface area contributed by atoms with Crippen LogP contribution in [-0.4, -0.2) is 18.9 Å². The van der Waals surface area contributed by atoms with Crippen molar-refractivity contribution in [2.75, 3.05) is 23.3 Å². The lowest BCUT2D eigenvalue weighted by atomic mass is 9.67. The van der Waals surface area contributed by atoms with Crippen molar-refractivity contribution in [1.82, 2.24) is 0 Å². The van der Waals surface area contributed by atoms with Gasteiger partial charge in [-0.15, -0.1) is 0 Å². The van der Waals surface area contributed by atoms with Crippen LogP contribution in [0.15, 0.2) is 78.4 Å². The third kappa shape index (κ3) is 5.27. The van der Waals surface area contributed by atoms with Gasteiger partial charge in [0.1, 0.15) is 12.4 Å². The molecule has 0 unspecified atom stereocenters. The fourth-order valence-corrected chi connectivity index (χ4v) is 7.00. The maximum absolute atomic E-state index is 14.0.